The Morgan fingerprint density at radius 3 is 2.67 bits per heavy atom. The summed E-state index contributed by atoms with van der Waals surface area (Å²) in [6, 6.07) is 14.8. The molecule has 2 aromatic carbocycles. The quantitative estimate of drug-likeness (QED) is 0.615. The van der Waals surface area contributed by atoms with Gasteiger partial charge in [0.1, 0.15) is 0 Å². The number of hydrogen-bond donors (Lipinski definition) is 1. The molecule has 0 heterocycles. The van der Waals surface area contributed by atoms with Crippen LogP contribution in [0.15, 0.2) is 42.5 Å². The molecule has 78 valence electrons. The van der Waals surface area contributed by atoms with E-state index in [4.69, 9.17) is 11.6 Å². The van der Waals surface area contributed by atoms with Crippen molar-refractivity contribution < 1.29 is 0 Å². The number of rotatable bonds is 4. The normalized spacial score (nSPS) is 10.7. The summed E-state index contributed by atoms with van der Waals surface area (Å²) >= 11 is 5.62. The van der Waals surface area contributed by atoms with Crippen molar-refractivity contribution in [2.45, 2.75) is 6.54 Å². The highest BCUT2D eigenvalue weighted by Gasteiger charge is 1.98. The van der Waals surface area contributed by atoms with Crippen LogP contribution in [0.5, 0.6) is 0 Å². The molecular formula is C13H14ClN. The van der Waals surface area contributed by atoms with Crippen LogP contribution in [0.25, 0.3) is 10.8 Å². The molecule has 0 aliphatic carbocycles. The predicted molar refractivity (Wildman–Crippen MR) is 66.4 cm³/mol. The van der Waals surface area contributed by atoms with E-state index in [1.54, 1.807) is 0 Å². The van der Waals surface area contributed by atoms with Crippen LogP contribution < -0.4 is 5.32 Å². The third-order valence-corrected chi connectivity index (χ3v) is 2.66. The molecule has 0 amide bonds. The minimum Gasteiger partial charge on any atom is -0.311 e. The van der Waals surface area contributed by atoms with Gasteiger partial charge < -0.3 is 5.32 Å². The predicted octanol–water partition coefficient (Wildman–Crippen LogP) is 3.17. The maximum absolute atomic E-state index is 5.62. The van der Waals surface area contributed by atoms with Crippen molar-refractivity contribution in [2.24, 2.45) is 0 Å². The Morgan fingerprint density at radius 2 is 1.80 bits per heavy atom. The second-order valence-electron chi connectivity index (χ2n) is 3.50. The maximum Gasteiger partial charge on any atom is 0.0348 e. The van der Waals surface area contributed by atoms with Gasteiger partial charge in [0.15, 0.2) is 0 Å². The first-order valence-corrected chi connectivity index (χ1v) is 5.68. The molecule has 0 aromatic heterocycles. The lowest BCUT2D eigenvalue weighted by molar-refractivity contribution is 0.734. The molecule has 0 bridgehead atoms. The summed E-state index contributed by atoms with van der Waals surface area (Å²) < 4.78 is 0. The number of benzene rings is 2. The van der Waals surface area contributed by atoms with E-state index < -0.39 is 0 Å². The molecule has 2 rings (SSSR count). The van der Waals surface area contributed by atoms with Gasteiger partial charge in [-0.1, -0.05) is 42.5 Å². The Morgan fingerprint density at radius 1 is 1.00 bits per heavy atom. The molecule has 0 fully saturated rings. The van der Waals surface area contributed by atoms with E-state index >= 15 is 0 Å². The third kappa shape index (κ3) is 2.49. The van der Waals surface area contributed by atoms with Crippen LogP contribution in [0.2, 0.25) is 0 Å². The standard InChI is InChI=1S/C13H14ClN/c14-8-9-15-10-12-6-3-5-11-4-1-2-7-13(11)12/h1-7,15H,8-10H2. The van der Waals surface area contributed by atoms with Gasteiger partial charge in [0.25, 0.3) is 0 Å². The summed E-state index contributed by atoms with van der Waals surface area (Å²) in [5.41, 5.74) is 1.33. The molecule has 0 saturated carbocycles. The lowest BCUT2D eigenvalue weighted by atomic mass is 10.0. The zero-order chi connectivity index (χ0) is 10.5. The number of halogens is 1. The molecule has 1 nitrogen and oxygen atoms in total. The van der Waals surface area contributed by atoms with Crippen molar-refractivity contribution >= 4 is 22.4 Å². The molecule has 1 N–H and O–H groups in total. The SMILES string of the molecule is ClCCNCc1cccc2ccccc12. The van der Waals surface area contributed by atoms with Gasteiger partial charge in [-0.25, -0.2) is 0 Å². The van der Waals surface area contributed by atoms with Crippen LogP contribution in [0, 0.1) is 0 Å². The van der Waals surface area contributed by atoms with E-state index in [-0.39, 0.29) is 0 Å². The highest BCUT2D eigenvalue weighted by atomic mass is 35.5. The van der Waals surface area contributed by atoms with E-state index in [1.165, 1.54) is 16.3 Å². The van der Waals surface area contributed by atoms with Crippen LogP contribution in [0.3, 0.4) is 0 Å². The van der Waals surface area contributed by atoms with Crippen molar-refractivity contribution in [3.05, 3.63) is 48.0 Å². The molecule has 0 radical (unpaired) electrons. The molecule has 15 heavy (non-hydrogen) atoms. The first kappa shape index (κ1) is 10.5. The first-order chi connectivity index (χ1) is 7.42. The van der Waals surface area contributed by atoms with Crippen molar-refractivity contribution in [3.63, 3.8) is 0 Å². The van der Waals surface area contributed by atoms with Crippen LogP contribution >= 0.6 is 11.6 Å². The summed E-state index contributed by atoms with van der Waals surface area (Å²) in [4.78, 5) is 0. The minimum absolute atomic E-state index is 0.658. The zero-order valence-corrected chi connectivity index (χ0v) is 9.30. The Bertz CT molecular complexity index is 434. The summed E-state index contributed by atoms with van der Waals surface area (Å²) in [6.45, 7) is 1.73. The van der Waals surface area contributed by atoms with E-state index in [9.17, 15) is 0 Å². The largest absolute Gasteiger partial charge is 0.311 e. The second-order valence-corrected chi connectivity index (χ2v) is 3.88. The molecule has 0 spiro atoms. The van der Waals surface area contributed by atoms with Gasteiger partial charge in [0, 0.05) is 19.0 Å². The molecule has 0 aliphatic heterocycles. The van der Waals surface area contributed by atoms with Crippen LogP contribution in [-0.2, 0) is 6.54 Å². The monoisotopic (exact) mass is 219 g/mol. The van der Waals surface area contributed by atoms with Crippen molar-refractivity contribution in [1.82, 2.24) is 5.32 Å². The minimum atomic E-state index is 0.658. The maximum atomic E-state index is 5.62. The molecule has 0 saturated heterocycles. The van der Waals surface area contributed by atoms with E-state index in [0.29, 0.717) is 5.88 Å². The number of fused-ring (bicyclic) bond motifs is 1. The summed E-state index contributed by atoms with van der Waals surface area (Å²) in [6.07, 6.45) is 0. The average molecular weight is 220 g/mol. The summed E-state index contributed by atoms with van der Waals surface area (Å²) in [7, 11) is 0. The fourth-order valence-electron chi connectivity index (χ4n) is 1.74. The smallest absolute Gasteiger partial charge is 0.0348 e. The van der Waals surface area contributed by atoms with Gasteiger partial charge >= 0.3 is 0 Å². The fraction of sp³-hybridized carbons (Fsp3) is 0.231. The summed E-state index contributed by atoms with van der Waals surface area (Å²) in [5.74, 6) is 0.658. The van der Waals surface area contributed by atoms with Crippen LogP contribution in [0.4, 0.5) is 0 Å². The van der Waals surface area contributed by atoms with Gasteiger partial charge in [-0.15, -0.1) is 11.6 Å². The number of alkyl halides is 1. The van der Waals surface area contributed by atoms with Gasteiger partial charge in [-0.2, -0.15) is 0 Å². The van der Waals surface area contributed by atoms with Crippen molar-refractivity contribution in [3.8, 4) is 0 Å². The van der Waals surface area contributed by atoms with Crippen LogP contribution in [0.1, 0.15) is 5.56 Å². The fourth-order valence-corrected chi connectivity index (χ4v) is 1.87. The Kier molecular flexibility index (Phi) is 3.59. The molecule has 0 aliphatic rings. The lowest BCUT2D eigenvalue weighted by Crippen LogP contribution is -2.15. The van der Waals surface area contributed by atoms with E-state index in [1.807, 2.05) is 0 Å². The average Bonchev–Trinajstić information content (AvgIpc) is 2.30. The zero-order valence-electron chi connectivity index (χ0n) is 8.54. The Balaban J connectivity index is 2.26. The third-order valence-electron chi connectivity index (χ3n) is 2.47. The summed E-state index contributed by atoms with van der Waals surface area (Å²) in [5, 5.41) is 5.93. The Hall–Kier alpha value is -1.05. The van der Waals surface area contributed by atoms with Crippen LogP contribution in [-0.4, -0.2) is 12.4 Å². The molecule has 0 unspecified atom stereocenters. The highest BCUT2D eigenvalue weighted by molar-refractivity contribution is 6.18. The van der Waals surface area contributed by atoms with E-state index in [2.05, 4.69) is 47.8 Å². The van der Waals surface area contributed by atoms with Gasteiger partial charge in [0.05, 0.1) is 0 Å². The van der Waals surface area contributed by atoms with Gasteiger partial charge in [-0.3, -0.25) is 0 Å². The number of hydrogen-bond acceptors (Lipinski definition) is 1. The Labute approximate surface area is 95.1 Å². The van der Waals surface area contributed by atoms with Gasteiger partial charge in [-0.05, 0) is 16.3 Å². The molecule has 2 heteroatoms. The molecular weight excluding hydrogens is 206 g/mol. The first-order valence-electron chi connectivity index (χ1n) is 5.15. The lowest BCUT2D eigenvalue weighted by Gasteiger charge is -2.06. The topological polar surface area (TPSA) is 12.0 Å². The van der Waals surface area contributed by atoms with Crippen molar-refractivity contribution in [1.29, 1.82) is 0 Å². The molecule has 2 aromatic rings. The molecule has 0 atom stereocenters. The highest BCUT2D eigenvalue weighted by Crippen LogP contribution is 2.17. The van der Waals surface area contributed by atoms with Gasteiger partial charge in [0.2, 0.25) is 0 Å². The van der Waals surface area contributed by atoms with Crippen molar-refractivity contribution in [2.75, 3.05) is 12.4 Å². The second kappa shape index (κ2) is 5.15. The number of nitrogens with one attached hydrogen (secondary N) is 1. The van der Waals surface area contributed by atoms with E-state index in [0.717, 1.165) is 13.1 Å².